The Hall–Kier alpha value is -0.770. The summed E-state index contributed by atoms with van der Waals surface area (Å²) < 4.78 is 5.17. The molecule has 1 saturated heterocycles. The zero-order chi connectivity index (χ0) is 11.1. The minimum atomic E-state index is -0.407. The van der Waals surface area contributed by atoms with E-state index < -0.39 is 5.60 Å². The van der Waals surface area contributed by atoms with Crippen molar-refractivity contribution in [3.63, 3.8) is 0 Å². The van der Waals surface area contributed by atoms with E-state index in [4.69, 9.17) is 4.74 Å². The molecule has 1 amide bonds. The molecule has 4 heteroatoms. The van der Waals surface area contributed by atoms with Crippen LogP contribution < -0.4 is 10.6 Å². The van der Waals surface area contributed by atoms with Crippen molar-refractivity contribution < 1.29 is 9.53 Å². The summed E-state index contributed by atoms with van der Waals surface area (Å²) in [5, 5.41) is 6.22. The number of ether oxygens (including phenoxy) is 1. The predicted molar refractivity (Wildman–Crippen MR) is 57.6 cm³/mol. The van der Waals surface area contributed by atoms with Crippen molar-refractivity contribution in [1.29, 1.82) is 0 Å². The Kier molecular flexibility index (Phi) is 2.63. The molecule has 15 heavy (non-hydrogen) atoms. The van der Waals surface area contributed by atoms with Gasteiger partial charge in [-0.3, -0.25) is 0 Å². The first-order chi connectivity index (χ1) is 6.96. The summed E-state index contributed by atoms with van der Waals surface area (Å²) in [6.45, 7) is 7.42. The van der Waals surface area contributed by atoms with Crippen molar-refractivity contribution in [2.45, 2.75) is 38.8 Å². The minimum Gasteiger partial charge on any atom is -0.444 e. The van der Waals surface area contributed by atoms with Crippen LogP contribution in [0.3, 0.4) is 0 Å². The quantitative estimate of drug-likeness (QED) is 0.721. The van der Waals surface area contributed by atoms with Gasteiger partial charge in [0, 0.05) is 12.6 Å². The Balaban J connectivity index is 1.67. The molecule has 0 radical (unpaired) electrons. The van der Waals surface area contributed by atoms with Crippen molar-refractivity contribution >= 4 is 6.09 Å². The number of hydrogen-bond donors (Lipinski definition) is 2. The number of alkyl carbamates (subject to hydrolysis) is 1. The molecule has 0 aromatic rings. The molecule has 3 atom stereocenters. The Morgan fingerprint density at radius 2 is 2.27 bits per heavy atom. The second-order valence-electron chi connectivity index (χ2n) is 5.56. The molecule has 1 saturated carbocycles. The summed E-state index contributed by atoms with van der Waals surface area (Å²) in [6.07, 6.45) is 1.02. The number of hydrogen-bond acceptors (Lipinski definition) is 3. The van der Waals surface area contributed by atoms with E-state index in [9.17, 15) is 4.79 Å². The number of amides is 1. The first-order valence-corrected chi connectivity index (χ1v) is 5.66. The maximum absolute atomic E-state index is 11.4. The van der Waals surface area contributed by atoms with E-state index >= 15 is 0 Å². The van der Waals surface area contributed by atoms with Crippen molar-refractivity contribution in [3.8, 4) is 0 Å². The van der Waals surface area contributed by atoms with Gasteiger partial charge in [-0.2, -0.15) is 0 Å². The van der Waals surface area contributed by atoms with E-state index in [0.717, 1.165) is 18.4 Å². The van der Waals surface area contributed by atoms with Crippen LogP contribution in [0.25, 0.3) is 0 Å². The van der Waals surface area contributed by atoms with Crippen LogP contribution in [0, 0.1) is 11.8 Å². The summed E-state index contributed by atoms with van der Waals surface area (Å²) in [4.78, 5) is 11.4. The van der Waals surface area contributed by atoms with E-state index in [1.165, 1.54) is 6.42 Å². The van der Waals surface area contributed by atoms with Crippen molar-refractivity contribution in [3.05, 3.63) is 0 Å². The molecule has 2 aliphatic rings. The lowest BCUT2D eigenvalue weighted by Gasteiger charge is -2.21. The molecular weight excluding hydrogens is 192 g/mol. The summed E-state index contributed by atoms with van der Waals surface area (Å²) in [6, 6.07) is 0.461. The lowest BCUT2D eigenvalue weighted by Crippen LogP contribution is -2.41. The second kappa shape index (κ2) is 3.67. The molecular formula is C11H20N2O2. The fraction of sp³-hybridized carbons (Fsp3) is 0.909. The number of nitrogens with one attached hydrogen (secondary N) is 2. The maximum Gasteiger partial charge on any atom is 0.407 e. The number of carbonyl (C=O) groups is 1. The molecule has 0 spiro atoms. The molecule has 2 fully saturated rings. The smallest absolute Gasteiger partial charge is 0.407 e. The molecule has 2 N–H and O–H groups in total. The molecule has 2 rings (SSSR count). The van der Waals surface area contributed by atoms with Crippen LogP contribution in [0.5, 0.6) is 0 Å². The highest BCUT2D eigenvalue weighted by molar-refractivity contribution is 5.67. The lowest BCUT2D eigenvalue weighted by atomic mass is 10.2. The first-order valence-electron chi connectivity index (χ1n) is 5.66. The van der Waals surface area contributed by atoms with Gasteiger partial charge in [0.05, 0.1) is 0 Å². The largest absolute Gasteiger partial charge is 0.444 e. The number of carbonyl (C=O) groups excluding carboxylic acids is 1. The Bertz CT molecular complexity index is 260. The topological polar surface area (TPSA) is 50.4 Å². The number of rotatable bonds is 2. The first kappa shape index (κ1) is 10.7. The molecule has 0 aromatic carbocycles. The third-order valence-corrected chi connectivity index (χ3v) is 3.00. The van der Waals surface area contributed by atoms with Gasteiger partial charge in [-0.05, 0) is 45.6 Å². The summed E-state index contributed by atoms with van der Waals surface area (Å²) >= 11 is 0. The van der Waals surface area contributed by atoms with E-state index in [0.29, 0.717) is 12.6 Å². The van der Waals surface area contributed by atoms with Gasteiger partial charge in [0.15, 0.2) is 0 Å². The van der Waals surface area contributed by atoms with Gasteiger partial charge in [0.2, 0.25) is 0 Å². The average molecular weight is 212 g/mol. The van der Waals surface area contributed by atoms with Crippen LogP contribution in [0.15, 0.2) is 0 Å². The molecule has 0 unspecified atom stereocenters. The average Bonchev–Trinajstić information content (AvgIpc) is 2.74. The molecule has 1 aliphatic carbocycles. The van der Waals surface area contributed by atoms with Gasteiger partial charge in [0.25, 0.3) is 0 Å². The number of fused-ring (bicyclic) bond motifs is 1. The molecule has 86 valence electrons. The third kappa shape index (κ3) is 2.84. The highest BCUT2D eigenvalue weighted by atomic mass is 16.6. The maximum atomic E-state index is 11.4. The summed E-state index contributed by atoms with van der Waals surface area (Å²) in [5.41, 5.74) is -0.407. The Morgan fingerprint density at radius 1 is 1.53 bits per heavy atom. The summed E-state index contributed by atoms with van der Waals surface area (Å²) in [5.74, 6) is 1.66. The third-order valence-electron chi connectivity index (χ3n) is 3.00. The van der Waals surface area contributed by atoms with E-state index in [2.05, 4.69) is 10.6 Å². The van der Waals surface area contributed by atoms with Crippen LogP contribution in [-0.4, -0.2) is 30.8 Å². The highest BCUT2D eigenvalue weighted by Gasteiger charge is 2.47. The van der Waals surface area contributed by atoms with Gasteiger partial charge in [-0.1, -0.05) is 0 Å². The highest BCUT2D eigenvalue weighted by Crippen LogP contribution is 2.44. The minimum absolute atomic E-state index is 0.312. The van der Waals surface area contributed by atoms with Crippen molar-refractivity contribution in [2.75, 3.05) is 13.1 Å². The summed E-state index contributed by atoms with van der Waals surface area (Å²) in [7, 11) is 0. The van der Waals surface area contributed by atoms with Gasteiger partial charge in [0.1, 0.15) is 5.60 Å². The SMILES string of the molecule is CC(C)(C)OC(=O)NC[C@H]1NC[C@H]2C[C@H]21. The molecule has 0 bridgehead atoms. The van der Waals surface area contributed by atoms with E-state index in [1.54, 1.807) is 0 Å². The van der Waals surface area contributed by atoms with Gasteiger partial charge >= 0.3 is 6.09 Å². The van der Waals surface area contributed by atoms with Gasteiger partial charge in [-0.25, -0.2) is 4.79 Å². The Labute approximate surface area is 90.8 Å². The Morgan fingerprint density at radius 3 is 2.73 bits per heavy atom. The molecule has 0 aromatic heterocycles. The van der Waals surface area contributed by atoms with Crippen LogP contribution in [-0.2, 0) is 4.74 Å². The van der Waals surface area contributed by atoms with E-state index in [1.807, 2.05) is 20.8 Å². The lowest BCUT2D eigenvalue weighted by molar-refractivity contribution is 0.0522. The fourth-order valence-corrected chi connectivity index (χ4v) is 2.18. The van der Waals surface area contributed by atoms with E-state index in [-0.39, 0.29) is 6.09 Å². The normalized spacial score (nSPS) is 33.4. The molecule has 1 aliphatic heterocycles. The fourth-order valence-electron chi connectivity index (χ4n) is 2.18. The van der Waals surface area contributed by atoms with Gasteiger partial charge in [-0.15, -0.1) is 0 Å². The predicted octanol–water partition coefficient (Wildman–Crippen LogP) is 1.12. The number of piperidine rings is 1. The van der Waals surface area contributed by atoms with Crippen molar-refractivity contribution in [1.82, 2.24) is 10.6 Å². The molecule has 1 heterocycles. The van der Waals surface area contributed by atoms with Crippen LogP contribution in [0.4, 0.5) is 4.79 Å². The van der Waals surface area contributed by atoms with Crippen LogP contribution in [0.2, 0.25) is 0 Å². The van der Waals surface area contributed by atoms with Crippen molar-refractivity contribution in [2.24, 2.45) is 11.8 Å². The second-order valence-corrected chi connectivity index (χ2v) is 5.56. The zero-order valence-corrected chi connectivity index (χ0v) is 9.67. The van der Waals surface area contributed by atoms with Crippen LogP contribution in [0.1, 0.15) is 27.2 Å². The monoisotopic (exact) mass is 212 g/mol. The zero-order valence-electron chi connectivity index (χ0n) is 9.67. The standard InChI is InChI=1S/C11H20N2O2/c1-11(2,3)15-10(14)13-6-9-8-4-7(8)5-12-9/h7-9,12H,4-6H2,1-3H3,(H,13,14)/t7-,8-,9-/m1/s1. The molecule has 4 nitrogen and oxygen atoms in total. The van der Waals surface area contributed by atoms with Gasteiger partial charge < -0.3 is 15.4 Å². The van der Waals surface area contributed by atoms with Crippen LogP contribution >= 0.6 is 0 Å².